The number of nitrogens with two attached hydrogens (primary N) is 2. The molecule has 0 unspecified atom stereocenters. The number of aromatic nitrogens is 2. The molecule has 256 valence electrons. The predicted octanol–water partition coefficient (Wildman–Crippen LogP) is 6.03. The molecule has 0 spiro atoms. The van der Waals surface area contributed by atoms with Gasteiger partial charge in [-0.05, 0) is 107 Å². The van der Waals surface area contributed by atoms with Gasteiger partial charge in [0.25, 0.3) is 0 Å². The van der Waals surface area contributed by atoms with Crippen molar-refractivity contribution in [3.05, 3.63) is 44.6 Å². The van der Waals surface area contributed by atoms with Crippen molar-refractivity contribution in [1.29, 1.82) is 0 Å². The van der Waals surface area contributed by atoms with E-state index >= 15 is 0 Å². The lowest BCUT2D eigenvalue weighted by Crippen LogP contribution is -2.48. The molecule has 11 nitrogen and oxygen atoms in total. The topological polar surface area (TPSA) is 160 Å². The molecule has 4 amide bonds. The molecule has 13 heteroatoms. The third kappa shape index (κ3) is 13.2. The van der Waals surface area contributed by atoms with E-state index in [0.717, 1.165) is 71.9 Å². The van der Waals surface area contributed by atoms with Gasteiger partial charge in [-0.3, -0.25) is 14.9 Å². The first-order valence-electron chi connectivity index (χ1n) is 16.2. The quantitative estimate of drug-likeness (QED) is 0.261. The molecule has 2 atom stereocenters. The van der Waals surface area contributed by atoms with Crippen LogP contribution in [0.25, 0.3) is 0 Å². The van der Waals surface area contributed by atoms with Gasteiger partial charge in [0.2, 0.25) is 11.8 Å². The molecule has 0 aliphatic carbocycles. The lowest BCUT2D eigenvalue weighted by molar-refractivity contribution is -0.136. The van der Waals surface area contributed by atoms with E-state index < -0.39 is 0 Å². The monoisotopic (exact) mass is 766 g/mol. The van der Waals surface area contributed by atoms with Crippen LogP contribution in [0.4, 0.5) is 16.4 Å². The zero-order valence-electron chi connectivity index (χ0n) is 28.1. The second kappa shape index (κ2) is 19.8. The van der Waals surface area contributed by atoms with Crippen molar-refractivity contribution >= 4 is 61.3 Å². The largest absolute Gasteiger partial charge is 0.384 e. The molecule has 2 aliphatic rings. The zero-order chi connectivity index (χ0) is 34.4. The minimum absolute atomic E-state index is 0.0730. The van der Waals surface area contributed by atoms with E-state index in [1.54, 1.807) is 12.1 Å². The Bertz CT molecular complexity index is 1280. The third-order valence-corrected chi connectivity index (χ3v) is 10.0. The zero-order valence-corrected chi connectivity index (χ0v) is 31.3. The average molecular weight is 769 g/mol. The van der Waals surface area contributed by atoms with Crippen LogP contribution in [-0.4, -0.2) is 75.9 Å². The lowest BCUT2D eigenvalue weighted by Gasteiger charge is -2.33. The molecular weight excluding hydrogens is 716 g/mol. The second-order valence-corrected chi connectivity index (χ2v) is 13.6. The average Bonchev–Trinajstić information content (AvgIpc) is 3.04. The summed E-state index contributed by atoms with van der Waals surface area (Å²) in [7, 11) is 0. The number of hydrogen-bond donors (Lipinski definition) is 4. The molecule has 4 heterocycles. The third-order valence-electron chi connectivity index (χ3n) is 8.39. The standard InChI is InChI=1S/C17H25BrN4O2.C10H20N2O.C6H7BrN2/c1-4-11(2)16(23)22-9-7-13(8-10-22)19-17(24)21-14-6-5-12(3)15(18)20-14;1-3-8(2)10(13)12-6-4-9(11)5-7-12;1-4-2-3-5(8)9-6(4)7/h5-6,11,13H,4,7-10H2,1-3H3,(H2,19,20,21,24);8-9H,3-7,11H2,1-2H3;2-3H,1H3,(H2,8,9)/t11-;8-;/m00./s1. The normalized spacial score (nSPS) is 16.6. The number of carbonyl (C=O) groups is 3. The van der Waals surface area contributed by atoms with Crippen molar-refractivity contribution in [2.24, 2.45) is 17.6 Å². The van der Waals surface area contributed by atoms with Gasteiger partial charge >= 0.3 is 6.03 Å². The maximum Gasteiger partial charge on any atom is 0.320 e. The predicted molar refractivity (Wildman–Crippen MR) is 192 cm³/mol. The minimum atomic E-state index is -0.259. The highest BCUT2D eigenvalue weighted by atomic mass is 79.9. The molecule has 46 heavy (non-hydrogen) atoms. The highest BCUT2D eigenvalue weighted by Gasteiger charge is 2.26. The van der Waals surface area contributed by atoms with Gasteiger partial charge in [0.15, 0.2) is 0 Å². The Labute approximate surface area is 291 Å². The molecule has 2 aliphatic heterocycles. The summed E-state index contributed by atoms with van der Waals surface area (Å²) in [4.78, 5) is 48.1. The van der Waals surface area contributed by atoms with Gasteiger partial charge in [-0.2, -0.15) is 0 Å². The Morgan fingerprint density at radius 2 is 1.28 bits per heavy atom. The van der Waals surface area contributed by atoms with Gasteiger partial charge in [0.1, 0.15) is 20.8 Å². The molecule has 2 aromatic rings. The van der Waals surface area contributed by atoms with E-state index in [1.165, 1.54) is 0 Å². The number of halogens is 2. The second-order valence-electron chi connectivity index (χ2n) is 12.1. The van der Waals surface area contributed by atoms with Crippen molar-refractivity contribution in [2.75, 3.05) is 37.2 Å². The number of rotatable bonds is 6. The van der Waals surface area contributed by atoms with Crippen molar-refractivity contribution in [2.45, 2.75) is 92.2 Å². The maximum atomic E-state index is 12.2. The van der Waals surface area contributed by atoms with Crippen LogP contribution in [0.1, 0.15) is 77.3 Å². The van der Waals surface area contributed by atoms with Crippen LogP contribution in [0.5, 0.6) is 0 Å². The number of anilines is 2. The number of piperidine rings is 2. The first-order chi connectivity index (χ1) is 21.7. The van der Waals surface area contributed by atoms with E-state index in [-0.39, 0.29) is 29.8 Å². The summed E-state index contributed by atoms with van der Waals surface area (Å²) in [6.07, 6.45) is 5.27. The maximum absolute atomic E-state index is 12.2. The SMILES string of the molecule is CC[C@H](C)C(=O)N1CCC(N)CC1.CC[C@H](C)C(=O)N1CCC(NC(=O)Nc2ccc(C)c(Br)n2)CC1.Cc1ccc(N)nc1Br. The number of aryl methyl sites for hydroxylation is 2. The van der Waals surface area contributed by atoms with Crippen LogP contribution in [0.2, 0.25) is 0 Å². The van der Waals surface area contributed by atoms with Crippen molar-refractivity contribution in [3.63, 3.8) is 0 Å². The minimum Gasteiger partial charge on any atom is -0.384 e. The molecular formula is C33H52Br2N8O3. The van der Waals surface area contributed by atoms with Crippen LogP contribution in [0.3, 0.4) is 0 Å². The number of nitrogens with zero attached hydrogens (tertiary/aromatic N) is 4. The highest BCUT2D eigenvalue weighted by Crippen LogP contribution is 2.18. The first kappa shape index (κ1) is 39.4. The van der Waals surface area contributed by atoms with Crippen molar-refractivity contribution in [1.82, 2.24) is 25.1 Å². The smallest absolute Gasteiger partial charge is 0.320 e. The van der Waals surface area contributed by atoms with E-state index in [0.29, 0.717) is 36.7 Å². The van der Waals surface area contributed by atoms with Crippen molar-refractivity contribution < 1.29 is 14.4 Å². The summed E-state index contributed by atoms with van der Waals surface area (Å²) in [5.41, 5.74) is 13.3. The number of urea groups is 1. The molecule has 0 aromatic carbocycles. The van der Waals surface area contributed by atoms with Crippen LogP contribution in [-0.2, 0) is 9.59 Å². The molecule has 2 aromatic heterocycles. The van der Waals surface area contributed by atoms with E-state index in [9.17, 15) is 14.4 Å². The molecule has 2 fully saturated rings. The number of carbonyl (C=O) groups excluding carboxylic acids is 3. The van der Waals surface area contributed by atoms with Gasteiger partial charge < -0.3 is 26.6 Å². The molecule has 6 N–H and O–H groups in total. The lowest BCUT2D eigenvalue weighted by atomic mass is 10.0. The number of hydrogen-bond acceptors (Lipinski definition) is 7. The van der Waals surface area contributed by atoms with E-state index in [1.807, 2.05) is 56.6 Å². The van der Waals surface area contributed by atoms with Crippen LogP contribution in [0.15, 0.2) is 33.5 Å². The molecule has 0 radical (unpaired) electrons. The van der Waals surface area contributed by atoms with Gasteiger partial charge in [0, 0.05) is 50.1 Å². The van der Waals surface area contributed by atoms with Crippen LogP contribution in [0, 0.1) is 25.7 Å². The molecule has 4 rings (SSSR count). The summed E-state index contributed by atoms with van der Waals surface area (Å²) in [6.45, 7) is 15.0. The molecule has 0 bridgehead atoms. The van der Waals surface area contributed by atoms with Gasteiger partial charge in [0.05, 0.1) is 0 Å². The Morgan fingerprint density at radius 1 is 0.826 bits per heavy atom. The van der Waals surface area contributed by atoms with Gasteiger partial charge in [-0.1, -0.05) is 39.8 Å². The summed E-state index contributed by atoms with van der Waals surface area (Å²) in [5.74, 6) is 1.82. The van der Waals surface area contributed by atoms with Gasteiger partial charge in [-0.25, -0.2) is 14.8 Å². The highest BCUT2D eigenvalue weighted by molar-refractivity contribution is 9.10. The fraction of sp³-hybridized carbons (Fsp3) is 0.606. The van der Waals surface area contributed by atoms with Crippen LogP contribution < -0.4 is 22.1 Å². The fourth-order valence-corrected chi connectivity index (χ4v) is 5.43. The van der Waals surface area contributed by atoms with Crippen LogP contribution >= 0.6 is 31.9 Å². The summed E-state index contributed by atoms with van der Waals surface area (Å²) >= 11 is 6.61. The Balaban J connectivity index is 0.000000278. The number of likely N-dealkylation sites (tertiary alicyclic amines) is 2. The summed E-state index contributed by atoms with van der Waals surface area (Å²) in [6, 6.07) is 7.50. The number of pyridine rings is 2. The number of nitrogens with one attached hydrogen (secondary N) is 2. The number of amides is 4. The van der Waals surface area contributed by atoms with E-state index in [4.69, 9.17) is 11.5 Å². The number of nitrogen functional groups attached to an aromatic ring is 1. The summed E-state index contributed by atoms with van der Waals surface area (Å²) < 4.78 is 1.54. The molecule has 0 saturated carbocycles. The van der Waals surface area contributed by atoms with E-state index in [2.05, 4.69) is 59.4 Å². The van der Waals surface area contributed by atoms with Gasteiger partial charge in [-0.15, -0.1) is 0 Å². The van der Waals surface area contributed by atoms with Crippen molar-refractivity contribution in [3.8, 4) is 0 Å². The Morgan fingerprint density at radius 3 is 1.72 bits per heavy atom. The molecule has 2 saturated heterocycles. The Kier molecular flexibility index (Phi) is 17.0. The first-order valence-corrected chi connectivity index (χ1v) is 17.8. The fourth-order valence-electron chi connectivity index (χ4n) is 4.77. The summed E-state index contributed by atoms with van der Waals surface area (Å²) in [5, 5.41) is 5.71. The Hall–Kier alpha value is -2.77.